The van der Waals surface area contributed by atoms with E-state index in [1.807, 2.05) is 12.1 Å². The molecule has 4 rings (SSSR count). The molecule has 0 N–H and O–H groups in total. The van der Waals surface area contributed by atoms with Crippen LogP contribution in [0.4, 0.5) is 0 Å². The summed E-state index contributed by atoms with van der Waals surface area (Å²) in [7, 11) is 0. The van der Waals surface area contributed by atoms with Gasteiger partial charge >= 0.3 is 0 Å². The van der Waals surface area contributed by atoms with Crippen molar-refractivity contribution in [2.24, 2.45) is 0 Å². The van der Waals surface area contributed by atoms with Crippen molar-refractivity contribution in [1.29, 1.82) is 0 Å². The normalized spacial score (nSPS) is 15.3. The van der Waals surface area contributed by atoms with Crippen LogP contribution < -0.4 is 0 Å². The molecular weight excluding hydrogens is 356 g/mol. The van der Waals surface area contributed by atoms with Gasteiger partial charge in [-0.25, -0.2) is 0 Å². The molecule has 0 bridgehead atoms. The molecule has 8 heteroatoms. The molecule has 1 saturated heterocycles. The number of halogens is 1. The smallest absolute Gasteiger partial charge is 0.289 e. The summed E-state index contributed by atoms with van der Waals surface area (Å²) in [6.45, 7) is 3.31. The van der Waals surface area contributed by atoms with Gasteiger partial charge < -0.3 is 13.7 Å². The molecule has 134 valence electrons. The summed E-state index contributed by atoms with van der Waals surface area (Å²) >= 11 is 5.89. The van der Waals surface area contributed by atoms with Crippen LogP contribution >= 0.6 is 11.6 Å². The van der Waals surface area contributed by atoms with E-state index < -0.39 is 0 Å². The lowest BCUT2D eigenvalue weighted by molar-refractivity contribution is 0.0588. The summed E-state index contributed by atoms with van der Waals surface area (Å²) in [6, 6.07) is 10.7. The second-order valence-corrected chi connectivity index (χ2v) is 6.49. The number of hydrogen-bond acceptors (Lipinski definition) is 6. The fourth-order valence-electron chi connectivity index (χ4n) is 2.88. The number of amides is 1. The van der Waals surface area contributed by atoms with Gasteiger partial charge in [0.2, 0.25) is 11.8 Å². The minimum absolute atomic E-state index is 0.0718. The van der Waals surface area contributed by atoms with Crippen molar-refractivity contribution in [3.63, 3.8) is 0 Å². The highest BCUT2D eigenvalue weighted by molar-refractivity contribution is 6.30. The Labute approximate surface area is 155 Å². The van der Waals surface area contributed by atoms with Gasteiger partial charge in [-0.15, -0.1) is 10.2 Å². The number of aromatic nitrogens is 2. The number of nitrogens with zero attached hydrogens (tertiary/aromatic N) is 4. The zero-order chi connectivity index (χ0) is 17.9. The third kappa shape index (κ3) is 3.63. The van der Waals surface area contributed by atoms with Crippen LogP contribution in [0.1, 0.15) is 16.4 Å². The lowest BCUT2D eigenvalue weighted by Gasteiger charge is -2.33. The van der Waals surface area contributed by atoms with Gasteiger partial charge in [0.1, 0.15) is 0 Å². The van der Waals surface area contributed by atoms with Crippen LogP contribution in [-0.2, 0) is 6.54 Å². The molecule has 3 heterocycles. The lowest BCUT2D eigenvalue weighted by atomic mass is 10.2. The monoisotopic (exact) mass is 372 g/mol. The minimum Gasteiger partial charge on any atom is -0.459 e. The first kappa shape index (κ1) is 16.8. The fraction of sp³-hybridized carbons (Fsp3) is 0.278. The Morgan fingerprint density at radius 3 is 2.54 bits per heavy atom. The number of carbonyl (C=O) groups is 1. The quantitative estimate of drug-likeness (QED) is 0.701. The summed E-state index contributed by atoms with van der Waals surface area (Å²) in [4.78, 5) is 16.3. The molecule has 0 atom stereocenters. The number of hydrogen-bond donors (Lipinski definition) is 0. The summed E-state index contributed by atoms with van der Waals surface area (Å²) in [6.07, 6.45) is 1.51. The average molecular weight is 373 g/mol. The number of carbonyl (C=O) groups excluding carboxylic acids is 1. The molecule has 0 unspecified atom stereocenters. The Balaban J connectivity index is 1.33. The van der Waals surface area contributed by atoms with Gasteiger partial charge in [-0.3, -0.25) is 9.69 Å². The van der Waals surface area contributed by atoms with E-state index in [1.165, 1.54) is 6.26 Å². The molecule has 3 aromatic rings. The second kappa shape index (κ2) is 7.31. The van der Waals surface area contributed by atoms with Crippen LogP contribution in [0.2, 0.25) is 5.02 Å². The van der Waals surface area contributed by atoms with Crippen molar-refractivity contribution in [3.8, 4) is 11.5 Å². The zero-order valence-electron chi connectivity index (χ0n) is 14.0. The van der Waals surface area contributed by atoms with Crippen molar-refractivity contribution >= 4 is 17.5 Å². The Hall–Kier alpha value is -2.64. The van der Waals surface area contributed by atoms with Crippen LogP contribution in [0.15, 0.2) is 51.5 Å². The van der Waals surface area contributed by atoms with E-state index in [4.69, 9.17) is 20.4 Å². The summed E-state index contributed by atoms with van der Waals surface area (Å²) in [5, 5.41) is 8.87. The number of benzene rings is 1. The number of rotatable bonds is 4. The van der Waals surface area contributed by atoms with Crippen molar-refractivity contribution in [2.45, 2.75) is 6.54 Å². The highest BCUT2D eigenvalue weighted by Gasteiger charge is 2.24. The maximum atomic E-state index is 12.3. The maximum absolute atomic E-state index is 12.3. The molecule has 2 aromatic heterocycles. The lowest BCUT2D eigenvalue weighted by Crippen LogP contribution is -2.48. The predicted molar refractivity (Wildman–Crippen MR) is 94.6 cm³/mol. The van der Waals surface area contributed by atoms with Gasteiger partial charge in [0, 0.05) is 36.8 Å². The maximum Gasteiger partial charge on any atom is 0.289 e. The first-order valence-corrected chi connectivity index (χ1v) is 8.70. The number of piperazine rings is 1. The summed E-state index contributed by atoms with van der Waals surface area (Å²) in [5.74, 6) is 1.34. The number of furan rings is 1. The third-order valence-corrected chi connectivity index (χ3v) is 4.56. The van der Waals surface area contributed by atoms with Crippen molar-refractivity contribution < 1.29 is 13.6 Å². The Morgan fingerprint density at radius 2 is 1.85 bits per heavy atom. The van der Waals surface area contributed by atoms with Gasteiger partial charge in [-0.1, -0.05) is 11.6 Å². The molecule has 0 saturated carbocycles. The topological polar surface area (TPSA) is 75.6 Å². The van der Waals surface area contributed by atoms with Crippen LogP contribution in [0.5, 0.6) is 0 Å². The molecule has 1 aromatic carbocycles. The Bertz CT molecular complexity index is 868. The zero-order valence-corrected chi connectivity index (χ0v) is 14.7. The summed E-state index contributed by atoms with van der Waals surface area (Å²) in [5.41, 5.74) is 0.835. The van der Waals surface area contributed by atoms with E-state index in [1.54, 1.807) is 29.2 Å². The highest BCUT2D eigenvalue weighted by atomic mass is 35.5. The molecular formula is C18H17ClN4O3. The average Bonchev–Trinajstić information content (AvgIpc) is 3.35. The Morgan fingerprint density at radius 1 is 1.08 bits per heavy atom. The largest absolute Gasteiger partial charge is 0.459 e. The van der Waals surface area contributed by atoms with E-state index in [2.05, 4.69) is 15.1 Å². The van der Waals surface area contributed by atoms with Crippen molar-refractivity contribution in [2.75, 3.05) is 26.2 Å². The van der Waals surface area contributed by atoms with E-state index in [-0.39, 0.29) is 5.91 Å². The Kier molecular flexibility index (Phi) is 4.73. The summed E-state index contributed by atoms with van der Waals surface area (Å²) < 4.78 is 10.9. The molecule has 7 nitrogen and oxygen atoms in total. The third-order valence-electron chi connectivity index (χ3n) is 4.31. The van der Waals surface area contributed by atoms with Crippen LogP contribution in [0, 0.1) is 0 Å². The molecule has 0 aliphatic carbocycles. The van der Waals surface area contributed by atoms with Gasteiger partial charge in [-0.05, 0) is 36.4 Å². The van der Waals surface area contributed by atoms with Crippen LogP contribution in [0.25, 0.3) is 11.5 Å². The molecule has 1 aliphatic heterocycles. The molecule has 1 fully saturated rings. The van der Waals surface area contributed by atoms with Gasteiger partial charge in [0.25, 0.3) is 5.91 Å². The molecule has 1 aliphatic rings. The fourth-order valence-corrected chi connectivity index (χ4v) is 3.01. The first-order valence-electron chi connectivity index (χ1n) is 8.32. The van der Waals surface area contributed by atoms with Gasteiger partial charge in [0.05, 0.1) is 12.8 Å². The van der Waals surface area contributed by atoms with E-state index in [0.29, 0.717) is 42.2 Å². The molecule has 26 heavy (non-hydrogen) atoms. The SMILES string of the molecule is O=C(c1ccco1)N1CCN(Cc2nnc(-c3ccc(Cl)cc3)o2)CC1. The van der Waals surface area contributed by atoms with Crippen molar-refractivity contribution in [1.82, 2.24) is 20.0 Å². The molecule has 0 radical (unpaired) electrons. The first-order chi connectivity index (χ1) is 12.7. The second-order valence-electron chi connectivity index (χ2n) is 6.05. The van der Waals surface area contributed by atoms with Crippen LogP contribution in [0.3, 0.4) is 0 Å². The minimum atomic E-state index is -0.0718. The van der Waals surface area contributed by atoms with Crippen molar-refractivity contribution in [3.05, 3.63) is 59.3 Å². The van der Waals surface area contributed by atoms with E-state index >= 15 is 0 Å². The highest BCUT2D eigenvalue weighted by Crippen LogP contribution is 2.21. The van der Waals surface area contributed by atoms with E-state index in [9.17, 15) is 4.79 Å². The van der Waals surface area contributed by atoms with Gasteiger partial charge in [0.15, 0.2) is 5.76 Å². The predicted octanol–water partition coefficient (Wildman–Crippen LogP) is 2.94. The van der Waals surface area contributed by atoms with Gasteiger partial charge in [-0.2, -0.15) is 0 Å². The van der Waals surface area contributed by atoms with E-state index in [0.717, 1.165) is 18.7 Å². The molecule has 0 spiro atoms. The molecule has 1 amide bonds. The standard InChI is InChI=1S/C18H17ClN4O3/c19-14-5-3-13(4-6-14)17-21-20-16(26-17)12-22-7-9-23(10-8-22)18(24)15-2-1-11-25-15/h1-6,11H,7-10,12H2. The van der Waals surface area contributed by atoms with Crippen LogP contribution in [-0.4, -0.2) is 52.1 Å².